The molecule has 0 aromatic rings. The zero-order valence-corrected chi connectivity index (χ0v) is 12.2. The molecule has 1 atom stereocenters. The quantitative estimate of drug-likeness (QED) is 0.707. The van der Waals surface area contributed by atoms with E-state index in [1.165, 1.54) is 18.4 Å². The van der Waals surface area contributed by atoms with Gasteiger partial charge in [0.05, 0.1) is 11.2 Å². The number of Topliss-reactive ketones (excluding diaryl/α,β-unsaturated/α-hetero) is 1. The van der Waals surface area contributed by atoms with Gasteiger partial charge in [-0.1, -0.05) is 11.6 Å². The Morgan fingerprint density at radius 1 is 1.33 bits per heavy atom. The van der Waals surface area contributed by atoms with Crippen LogP contribution in [0.3, 0.4) is 0 Å². The first-order valence-corrected chi connectivity index (χ1v) is 7.21. The fourth-order valence-corrected chi connectivity index (χ4v) is 3.48. The van der Waals surface area contributed by atoms with E-state index in [9.17, 15) is 4.79 Å². The van der Waals surface area contributed by atoms with Crippen molar-refractivity contribution in [3.8, 4) is 0 Å². The first kappa shape index (κ1) is 13.8. The molecule has 1 aliphatic carbocycles. The molecule has 0 N–H and O–H groups in total. The van der Waals surface area contributed by atoms with E-state index in [1.807, 2.05) is 0 Å². The molecule has 2 nitrogen and oxygen atoms in total. The van der Waals surface area contributed by atoms with Crippen LogP contribution in [0.25, 0.3) is 0 Å². The first-order chi connectivity index (χ1) is 8.30. The maximum atomic E-state index is 12.5. The fraction of sp³-hybridized carbons (Fsp3) is 0.812. The highest BCUT2D eigenvalue weighted by atomic mass is 16.5. The van der Waals surface area contributed by atoms with Gasteiger partial charge < -0.3 is 4.74 Å². The predicted molar refractivity (Wildman–Crippen MR) is 73.5 cm³/mol. The second-order valence-electron chi connectivity index (χ2n) is 6.97. The molecule has 0 saturated carbocycles. The van der Waals surface area contributed by atoms with Gasteiger partial charge in [0.25, 0.3) is 0 Å². The van der Waals surface area contributed by atoms with Crippen molar-refractivity contribution in [1.29, 1.82) is 0 Å². The number of carbonyl (C=O) groups excluding carboxylic acids is 1. The summed E-state index contributed by atoms with van der Waals surface area (Å²) in [5.74, 6) is 0.425. The Balaban J connectivity index is 2.03. The van der Waals surface area contributed by atoms with Crippen LogP contribution in [0.1, 0.15) is 66.2 Å². The lowest BCUT2D eigenvalue weighted by molar-refractivity contribution is -0.128. The van der Waals surface area contributed by atoms with Gasteiger partial charge >= 0.3 is 0 Å². The van der Waals surface area contributed by atoms with Crippen molar-refractivity contribution in [1.82, 2.24) is 0 Å². The zero-order chi connectivity index (χ0) is 13.4. The zero-order valence-electron chi connectivity index (χ0n) is 12.2. The van der Waals surface area contributed by atoms with E-state index >= 15 is 0 Å². The number of carbonyl (C=O) groups is 1. The van der Waals surface area contributed by atoms with E-state index in [-0.39, 0.29) is 17.1 Å². The van der Waals surface area contributed by atoms with Gasteiger partial charge in [-0.3, -0.25) is 4.79 Å². The van der Waals surface area contributed by atoms with Crippen molar-refractivity contribution in [2.45, 2.75) is 77.4 Å². The smallest absolute Gasteiger partial charge is 0.142 e. The van der Waals surface area contributed by atoms with Gasteiger partial charge in [-0.05, 0) is 59.8 Å². The topological polar surface area (TPSA) is 26.3 Å². The third kappa shape index (κ3) is 3.03. The molecule has 0 radical (unpaired) electrons. The van der Waals surface area contributed by atoms with Gasteiger partial charge in [0.15, 0.2) is 0 Å². The van der Waals surface area contributed by atoms with Crippen molar-refractivity contribution in [2.75, 3.05) is 0 Å². The molecular formula is C16H26O2. The van der Waals surface area contributed by atoms with E-state index in [1.54, 1.807) is 0 Å². The van der Waals surface area contributed by atoms with Gasteiger partial charge in [0.1, 0.15) is 5.78 Å². The Bertz CT molecular complexity index is 363. The van der Waals surface area contributed by atoms with Crippen LogP contribution in [-0.2, 0) is 9.53 Å². The number of allylic oxidation sites excluding steroid dienone is 2. The largest absolute Gasteiger partial charge is 0.369 e. The molecule has 1 unspecified atom stereocenters. The molecule has 1 heterocycles. The summed E-state index contributed by atoms with van der Waals surface area (Å²) >= 11 is 0. The minimum Gasteiger partial charge on any atom is -0.369 e. The monoisotopic (exact) mass is 250 g/mol. The Kier molecular flexibility index (Phi) is 3.68. The van der Waals surface area contributed by atoms with Crippen molar-refractivity contribution >= 4 is 5.78 Å². The molecule has 1 saturated heterocycles. The van der Waals surface area contributed by atoms with Crippen LogP contribution in [0.5, 0.6) is 0 Å². The summed E-state index contributed by atoms with van der Waals surface area (Å²) in [6.07, 6.45) is 8.56. The highest BCUT2D eigenvalue weighted by Gasteiger charge is 2.48. The predicted octanol–water partition coefficient (Wildman–Crippen LogP) is 4.04. The standard InChI is InChI=1S/C16H26O2/c1-15(2)11-13(16(3,4)18-15)14(17)10-12-8-6-5-7-9-12/h8,13H,5-7,9-11H2,1-4H3. The average molecular weight is 250 g/mol. The Morgan fingerprint density at radius 2 is 2.06 bits per heavy atom. The summed E-state index contributed by atoms with van der Waals surface area (Å²) in [6, 6.07) is 0. The lowest BCUT2D eigenvalue weighted by Gasteiger charge is -2.27. The van der Waals surface area contributed by atoms with Gasteiger partial charge in [-0.25, -0.2) is 0 Å². The molecule has 1 aliphatic heterocycles. The number of ketones is 1. The summed E-state index contributed by atoms with van der Waals surface area (Å²) in [6.45, 7) is 8.28. The molecule has 2 aliphatic rings. The third-order valence-corrected chi connectivity index (χ3v) is 4.25. The van der Waals surface area contributed by atoms with Crippen LogP contribution >= 0.6 is 0 Å². The molecule has 0 aromatic heterocycles. The Hall–Kier alpha value is -0.630. The Morgan fingerprint density at radius 3 is 2.56 bits per heavy atom. The number of hydrogen-bond donors (Lipinski definition) is 0. The molecule has 1 fully saturated rings. The Labute approximate surface area is 111 Å². The average Bonchev–Trinajstić information content (AvgIpc) is 2.48. The lowest BCUT2D eigenvalue weighted by Crippen LogP contribution is -2.34. The van der Waals surface area contributed by atoms with Crippen LogP contribution < -0.4 is 0 Å². The minimum absolute atomic E-state index is 0.0512. The van der Waals surface area contributed by atoms with Gasteiger partial charge in [0.2, 0.25) is 0 Å². The molecule has 18 heavy (non-hydrogen) atoms. The molecular weight excluding hydrogens is 224 g/mol. The van der Waals surface area contributed by atoms with Crippen LogP contribution in [0.2, 0.25) is 0 Å². The SMILES string of the molecule is CC1(C)CC(C(=O)CC2=CCCCC2)C(C)(C)O1. The highest BCUT2D eigenvalue weighted by Crippen LogP contribution is 2.43. The van der Waals surface area contributed by atoms with Gasteiger partial charge in [-0.2, -0.15) is 0 Å². The normalized spacial score (nSPS) is 30.0. The first-order valence-electron chi connectivity index (χ1n) is 7.21. The van der Waals surface area contributed by atoms with E-state index in [2.05, 4.69) is 33.8 Å². The second-order valence-corrected chi connectivity index (χ2v) is 6.97. The van der Waals surface area contributed by atoms with Crippen molar-refractivity contribution in [3.63, 3.8) is 0 Å². The van der Waals surface area contributed by atoms with Crippen LogP contribution in [0, 0.1) is 5.92 Å². The van der Waals surface area contributed by atoms with E-state index < -0.39 is 0 Å². The van der Waals surface area contributed by atoms with E-state index in [0.717, 1.165) is 19.3 Å². The summed E-state index contributed by atoms with van der Waals surface area (Å²) in [5.41, 5.74) is 0.882. The molecule has 0 aromatic carbocycles. The van der Waals surface area contributed by atoms with Crippen LogP contribution in [0.15, 0.2) is 11.6 Å². The summed E-state index contributed by atoms with van der Waals surface area (Å²) in [4.78, 5) is 12.5. The van der Waals surface area contributed by atoms with Gasteiger partial charge in [-0.15, -0.1) is 0 Å². The summed E-state index contributed by atoms with van der Waals surface area (Å²) in [7, 11) is 0. The van der Waals surface area contributed by atoms with E-state index in [0.29, 0.717) is 12.2 Å². The third-order valence-electron chi connectivity index (χ3n) is 4.25. The van der Waals surface area contributed by atoms with Gasteiger partial charge in [0, 0.05) is 12.3 Å². The molecule has 2 heteroatoms. The molecule has 0 spiro atoms. The molecule has 102 valence electrons. The van der Waals surface area contributed by atoms with Crippen LogP contribution in [0.4, 0.5) is 0 Å². The molecule has 2 rings (SSSR count). The minimum atomic E-state index is -0.310. The molecule has 0 amide bonds. The van der Waals surface area contributed by atoms with E-state index in [4.69, 9.17) is 4.74 Å². The number of ether oxygens (including phenoxy) is 1. The molecule has 0 bridgehead atoms. The van der Waals surface area contributed by atoms with Crippen molar-refractivity contribution in [2.24, 2.45) is 5.92 Å². The van der Waals surface area contributed by atoms with Crippen LogP contribution in [-0.4, -0.2) is 17.0 Å². The number of rotatable bonds is 3. The number of hydrogen-bond acceptors (Lipinski definition) is 2. The maximum Gasteiger partial charge on any atom is 0.142 e. The van der Waals surface area contributed by atoms with Crippen molar-refractivity contribution in [3.05, 3.63) is 11.6 Å². The summed E-state index contributed by atoms with van der Waals surface area (Å²) in [5, 5.41) is 0. The maximum absolute atomic E-state index is 12.5. The lowest BCUT2D eigenvalue weighted by atomic mass is 9.81. The highest BCUT2D eigenvalue weighted by molar-refractivity contribution is 5.84. The second kappa shape index (κ2) is 4.80. The fourth-order valence-electron chi connectivity index (χ4n) is 3.48. The summed E-state index contributed by atoms with van der Waals surface area (Å²) < 4.78 is 6.02. The van der Waals surface area contributed by atoms with Crippen molar-refractivity contribution < 1.29 is 9.53 Å².